The van der Waals surface area contributed by atoms with Gasteiger partial charge in [0.15, 0.2) is 0 Å². The largest absolute Gasteiger partial charge is 0.395 e. The lowest BCUT2D eigenvalue weighted by atomic mass is 10.2. The van der Waals surface area contributed by atoms with E-state index in [0.717, 1.165) is 6.07 Å². The molecule has 1 rings (SSSR count). The summed E-state index contributed by atoms with van der Waals surface area (Å²) in [7, 11) is -4.11. The summed E-state index contributed by atoms with van der Waals surface area (Å²) >= 11 is 0. The Morgan fingerprint density at radius 2 is 1.94 bits per heavy atom. The summed E-state index contributed by atoms with van der Waals surface area (Å²) < 4.78 is 52.4. The minimum absolute atomic E-state index is 0.0359. The molecule has 0 aliphatic heterocycles. The van der Waals surface area contributed by atoms with Crippen molar-refractivity contribution in [2.45, 2.75) is 31.2 Å². The molecular formula is C11H15F2NO3S. The van der Waals surface area contributed by atoms with E-state index >= 15 is 0 Å². The van der Waals surface area contributed by atoms with Crippen LogP contribution in [0.2, 0.25) is 0 Å². The molecule has 0 saturated carbocycles. The van der Waals surface area contributed by atoms with E-state index in [0.29, 0.717) is 12.5 Å². The van der Waals surface area contributed by atoms with Gasteiger partial charge in [0.25, 0.3) is 0 Å². The first kappa shape index (κ1) is 15.0. The van der Waals surface area contributed by atoms with Crippen molar-refractivity contribution in [3.8, 4) is 0 Å². The van der Waals surface area contributed by atoms with E-state index in [2.05, 4.69) is 4.72 Å². The second-order valence-corrected chi connectivity index (χ2v) is 5.62. The molecule has 1 aromatic carbocycles. The van der Waals surface area contributed by atoms with Crippen LogP contribution in [0.4, 0.5) is 8.78 Å². The van der Waals surface area contributed by atoms with Gasteiger partial charge in [-0.25, -0.2) is 21.9 Å². The van der Waals surface area contributed by atoms with E-state index in [9.17, 15) is 17.2 Å². The molecule has 0 heterocycles. The van der Waals surface area contributed by atoms with Crippen LogP contribution in [0.15, 0.2) is 17.0 Å². The van der Waals surface area contributed by atoms with Crippen LogP contribution in [0.1, 0.15) is 18.9 Å². The number of hydrogen-bond acceptors (Lipinski definition) is 3. The van der Waals surface area contributed by atoms with E-state index in [1.54, 1.807) is 6.92 Å². The summed E-state index contributed by atoms with van der Waals surface area (Å²) in [5.74, 6) is -1.96. The van der Waals surface area contributed by atoms with Gasteiger partial charge in [-0.15, -0.1) is 0 Å². The molecule has 0 saturated heterocycles. The standard InChI is InChI=1S/C11H15F2NO3S/c1-3-8(6-15)14-18(16,17)11-4-7(2)9(12)5-10(11)13/h4-5,8,14-15H,3,6H2,1-2H3. The zero-order valence-corrected chi connectivity index (χ0v) is 10.9. The Morgan fingerprint density at radius 3 is 2.44 bits per heavy atom. The average Bonchev–Trinajstić information content (AvgIpc) is 2.30. The number of nitrogens with one attached hydrogen (secondary N) is 1. The molecule has 2 N–H and O–H groups in total. The van der Waals surface area contributed by atoms with Crippen molar-refractivity contribution < 1.29 is 22.3 Å². The van der Waals surface area contributed by atoms with Crippen molar-refractivity contribution >= 4 is 10.0 Å². The minimum atomic E-state index is -4.11. The molecule has 0 aliphatic rings. The summed E-state index contributed by atoms with van der Waals surface area (Å²) in [5.41, 5.74) is 0.0359. The lowest BCUT2D eigenvalue weighted by Crippen LogP contribution is -2.37. The highest BCUT2D eigenvalue weighted by atomic mass is 32.2. The number of aliphatic hydroxyl groups excluding tert-OH is 1. The van der Waals surface area contributed by atoms with Gasteiger partial charge < -0.3 is 5.11 Å². The Hall–Kier alpha value is -1.05. The number of aryl methyl sites for hydroxylation is 1. The molecule has 18 heavy (non-hydrogen) atoms. The number of halogens is 2. The van der Waals surface area contributed by atoms with Crippen molar-refractivity contribution in [3.63, 3.8) is 0 Å². The minimum Gasteiger partial charge on any atom is -0.395 e. The molecular weight excluding hydrogens is 264 g/mol. The van der Waals surface area contributed by atoms with E-state index in [1.165, 1.54) is 6.92 Å². The molecule has 7 heteroatoms. The normalized spacial score (nSPS) is 13.6. The number of rotatable bonds is 5. The fraction of sp³-hybridized carbons (Fsp3) is 0.455. The predicted octanol–water partition coefficient (Wildman–Crippen LogP) is 1.32. The van der Waals surface area contributed by atoms with Crippen LogP contribution in [0.3, 0.4) is 0 Å². The average molecular weight is 279 g/mol. The second-order valence-electron chi connectivity index (χ2n) is 3.94. The zero-order chi connectivity index (χ0) is 13.9. The van der Waals surface area contributed by atoms with Crippen molar-refractivity contribution in [2.24, 2.45) is 0 Å². The van der Waals surface area contributed by atoms with Gasteiger partial charge in [-0.05, 0) is 25.0 Å². The monoisotopic (exact) mass is 279 g/mol. The number of hydrogen-bond donors (Lipinski definition) is 2. The van der Waals surface area contributed by atoms with Gasteiger partial charge in [-0.1, -0.05) is 6.92 Å². The van der Waals surface area contributed by atoms with Crippen LogP contribution >= 0.6 is 0 Å². The molecule has 4 nitrogen and oxygen atoms in total. The topological polar surface area (TPSA) is 66.4 Å². The molecule has 0 spiro atoms. The fourth-order valence-corrected chi connectivity index (χ4v) is 2.82. The zero-order valence-electron chi connectivity index (χ0n) is 10.1. The van der Waals surface area contributed by atoms with Gasteiger partial charge in [0.2, 0.25) is 10.0 Å². The lowest BCUT2D eigenvalue weighted by molar-refractivity contribution is 0.253. The van der Waals surface area contributed by atoms with E-state index < -0.39 is 39.2 Å². The SMILES string of the molecule is CCC(CO)NS(=O)(=O)c1cc(C)c(F)cc1F. The van der Waals surface area contributed by atoms with Crippen molar-refractivity contribution in [1.29, 1.82) is 0 Å². The first-order valence-corrected chi connectivity index (χ1v) is 6.89. The third-order valence-electron chi connectivity index (χ3n) is 2.54. The van der Waals surface area contributed by atoms with Crippen LogP contribution in [-0.4, -0.2) is 26.2 Å². The maximum Gasteiger partial charge on any atom is 0.243 e. The number of benzene rings is 1. The van der Waals surface area contributed by atoms with Crippen LogP contribution in [0.25, 0.3) is 0 Å². The van der Waals surface area contributed by atoms with E-state index in [4.69, 9.17) is 5.11 Å². The molecule has 0 aromatic heterocycles. The summed E-state index contributed by atoms with van der Waals surface area (Å²) in [6.45, 7) is 2.63. The lowest BCUT2D eigenvalue weighted by Gasteiger charge is -2.15. The molecule has 0 aliphatic carbocycles. The summed E-state index contributed by atoms with van der Waals surface area (Å²) in [4.78, 5) is -0.617. The maximum absolute atomic E-state index is 13.5. The maximum atomic E-state index is 13.5. The second kappa shape index (κ2) is 5.73. The molecule has 102 valence electrons. The highest BCUT2D eigenvalue weighted by molar-refractivity contribution is 7.89. The Labute approximate surface area is 105 Å². The fourth-order valence-electron chi connectivity index (χ4n) is 1.37. The molecule has 0 bridgehead atoms. The molecule has 0 radical (unpaired) electrons. The quantitative estimate of drug-likeness (QED) is 0.854. The van der Waals surface area contributed by atoms with E-state index in [-0.39, 0.29) is 5.56 Å². The van der Waals surface area contributed by atoms with Crippen LogP contribution in [0, 0.1) is 18.6 Å². The molecule has 0 amide bonds. The Morgan fingerprint density at radius 1 is 1.33 bits per heavy atom. The van der Waals surface area contributed by atoms with E-state index in [1.807, 2.05) is 0 Å². The number of aliphatic hydroxyl groups is 1. The Balaban J connectivity index is 3.16. The van der Waals surface area contributed by atoms with Crippen molar-refractivity contribution in [3.05, 3.63) is 29.3 Å². The predicted molar refractivity (Wildman–Crippen MR) is 62.6 cm³/mol. The van der Waals surface area contributed by atoms with Crippen LogP contribution < -0.4 is 4.72 Å². The van der Waals surface area contributed by atoms with Gasteiger partial charge in [-0.3, -0.25) is 0 Å². The third-order valence-corrected chi connectivity index (χ3v) is 4.07. The molecule has 1 atom stereocenters. The first-order valence-electron chi connectivity index (χ1n) is 5.40. The highest BCUT2D eigenvalue weighted by Crippen LogP contribution is 2.19. The molecule has 1 aromatic rings. The third kappa shape index (κ3) is 3.24. The highest BCUT2D eigenvalue weighted by Gasteiger charge is 2.23. The number of sulfonamides is 1. The van der Waals surface area contributed by atoms with Gasteiger partial charge in [-0.2, -0.15) is 0 Å². The Bertz CT molecular complexity index is 527. The Kier molecular flexibility index (Phi) is 4.78. The summed E-state index contributed by atoms with van der Waals surface area (Å²) in [5, 5.41) is 8.92. The van der Waals surface area contributed by atoms with Gasteiger partial charge in [0.1, 0.15) is 16.5 Å². The summed E-state index contributed by atoms with van der Waals surface area (Å²) in [6, 6.07) is 0.765. The summed E-state index contributed by atoms with van der Waals surface area (Å²) in [6.07, 6.45) is 0.359. The van der Waals surface area contributed by atoms with Gasteiger partial charge >= 0.3 is 0 Å². The van der Waals surface area contributed by atoms with Gasteiger partial charge in [0, 0.05) is 12.1 Å². The van der Waals surface area contributed by atoms with Gasteiger partial charge in [0.05, 0.1) is 6.61 Å². The van der Waals surface area contributed by atoms with Crippen molar-refractivity contribution in [2.75, 3.05) is 6.61 Å². The van der Waals surface area contributed by atoms with Crippen LogP contribution in [-0.2, 0) is 10.0 Å². The first-order chi connectivity index (χ1) is 8.31. The van der Waals surface area contributed by atoms with Crippen LogP contribution in [0.5, 0.6) is 0 Å². The van der Waals surface area contributed by atoms with Crippen molar-refractivity contribution in [1.82, 2.24) is 4.72 Å². The smallest absolute Gasteiger partial charge is 0.243 e. The molecule has 0 fully saturated rings. The molecule has 1 unspecified atom stereocenters.